The molecule has 1 aromatic carbocycles. The number of nitrogens with two attached hydrogens (primary N) is 1. The predicted octanol–water partition coefficient (Wildman–Crippen LogP) is 2.35. The van der Waals surface area contributed by atoms with Gasteiger partial charge in [0.1, 0.15) is 0 Å². The largest absolute Gasteiger partial charge is 0.326 e. The van der Waals surface area contributed by atoms with Gasteiger partial charge in [-0.15, -0.1) is 0 Å². The number of nitrogens with zero attached hydrogens (tertiary/aromatic N) is 1. The zero-order valence-electron chi connectivity index (χ0n) is 12.4. The molecule has 2 atom stereocenters. The Morgan fingerprint density at radius 2 is 2.25 bits per heavy atom. The fourth-order valence-corrected chi connectivity index (χ4v) is 3.01. The van der Waals surface area contributed by atoms with Crippen LogP contribution in [0.25, 0.3) is 0 Å². The molecule has 0 saturated carbocycles. The Hall–Kier alpha value is -1.39. The lowest BCUT2D eigenvalue weighted by Crippen LogP contribution is -2.44. The molecule has 0 spiro atoms. The molecule has 4 nitrogen and oxygen atoms in total. The second-order valence-corrected chi connectivity index (χ2v) is 5.47. The number of rotatable bonds is 5. The number of nitrogens with one attached hydrogen (secondary N) is 1. The van der Waals surface area contributed by atoms with Gasteiger partial charge >= 0.3 is 0 Å². The summed E-state index contributed by atoms with van der Waals surface area (Å²) in [4.78, 5) is 14.8. The van der Waals surface area contributed by atoms with Crippen LogP contribution in [0.3, 0.4) is 0 Å². The molecule has 20 heavy (non-hydrogen) atoms. The molecule has 2 unspecified atom stereocenters. The summed E-state index contributed by atoms with van der Waals surface area (Å²) in [5.74, 6) is 0.0613. The van der Waals surface area contributed by atoms with Crippen molar-refractivity contribution in [3.05, 3.63) is 29.8 Å². The van der Waals surface area contributed by atoms with E-state index in [9.17, 15) is 4.79 Å². The number of hydrogen-bond donors (Lipinski definition) is 2. The van der Waals surface area contributed by atoms with Gasteiger partial charge in [-0.3, -0.25) is 9.69 Å². The van der Waals surface area contributed by atoms with E-state index < -0.39 is 0 Å². The van der Waals surface area contributed by atoms with Crippen LogP contribution in [0.1, 0.15) is 38.7 Å². The summed E-state index contributed by atoms with van der Waals surface area (Å²) in [5.41, 5.74) is 7.51. The molecule has 1 amide bonds. The highest BCUT2D eigenvalue weighted by Gasteiger charge is 2.30. The average Bonchev–Trinajstić information content (AvgIpc) is 2.95. The Bertz CT molecular complexity index is 461. The van der Waals surface area contributed by atoms with Crippen LogP contribution in [-0.2, 0) is 11.3 Å². The van der Waals surface area contributed by atoms with Gasteiger partial charge in [0, 0.05) is 18.3 Å². The molecule has 110 valence electrons. The van der Waals surface area contributed by atoms with Gasteiger partial charge in [0.15, 0.2) is 0 Å². The van der Waals surface area contributed by atoms with E-state index in [1.165, 1.54) is 12.8 Å². The number of carbonyl (C=O) groups excluding carboxylic acids is 1. The molecule has 4 heteroatoms. The van der Waals surface area contributed by atoms with Crippen molar-refractivity contribution in [2.45, 2.75) is 51.7 Å². The predicted molar refractivity (Wildman–Crippen MR) is 82.4 cm³/mol. The van der Waals surface area contributed by atoms with Gasteiger partial charge in [-0.05, 0) is 44.4 Å². The van der Waals surface area contributed by atoms with E-state index in [2.05, 4.69) is 17.1 Å². The highest BCUT2D eigenvalue weighted by Crippen LogP contribution is 2.23. The van der Waals surface area contributed by atoms with Crippen LogP contribution < -0.4 is 11.1 Å². The lowest BCUT2D eigenvalue weighted by atomic mass is 10.1. The number of hydrogen-bond acceptors (Lipinski definition) is 3. The number of amides is 1. The lowest BCUT2D eigenvalue weighted by molar-refractivity contribution is -0.121. The van der Waals surface area contributed by atoms with Crippen LogP contribution in [-0.4, -0.2) is 29.4 Å². The van der Waals surface area contributed by atoms with E-state index >= 15 is 0 Å². The maximum absolute atomic E-state index is 12.4. The molecule has 1 aromatic rings. The molecule has 0 aliphatic carbocycles. The van der Waals surface area contributed by atoms with E-state index in [1.807, 2.05) is 31.2 Å². The fraction of sp³-hybridized carbons (Fsp3) is 0.562. The number of para-hydroxylation sites is 1. The molecule has 1 heterocycles. The molecule has 1 aliphatic rings. The lowest BCUT2D eigenvalue weighted by Gasteiger charge is -2.29. The van der Waals surface area contributed by atoms with Crippen LogP contribution in [0.5, 0.6) is 0 Å². The van der Waals surface area contributed by atoms with Gasteiger partial charge in [0.2, 0.25) is 5.91 Å². The summed E-state index contributed by atoms with van der Waals surface area (Å²) in [5, 5.41) is 3.02. The van der Waals surface area contributed by atoms with Crippen LogP contribution >= 0.6 is 0 Å². The third-order valence-corrected chi connectivity index (χ3v) is 4.27. The summed E-state index contributed by atoms with van der Waals surface area (Å²) >= 11 is 0. The van der Waals surface area contributed by atoms with E-state index in [0.29, 0.717) is 12.6 Å². The minimum atomic E-state index is -0.0896. The summed E-state index contributed by atoms with van der Waals surface area (Å²) < 4.78 is 0. The van der Waals surface area contributed by atoms with Gasteiger partial charge in [0.05, 0.1) is 6.04 Å². The van der Waals surface area contributed by atoms with Crippen molar-refractivity contribution in [3.8, 4) is 0 Å². The van der Waals surface area contributed by atoms with Crippen molar-refractivity contribution < 1.29 is 4.79 Å². The average molecular weight is 275 g/mol. The van der Waals surface area contributed by atoms with Crippen molar-refractivity contribution in [3.63, 3.8) is 0 Å². The highest BCUT2D eigenvalue weighted by molar-refractivity contribution is 5.95. The Balaban J connectivity index is 2.04. The van der Waals surface area contributed by atoms with Crippen LogP contribution in [0.4, 0.5) is 5.69 Å². The SMILES string of the molecule is CCC1CCCN1C(C)C(=O)Nc1ccccc1CN. The number of benzene rings is 1. The number of anilines is 1. The van der Waals surface area contributed by atoms with Crippen molar-refractivity contribution in [1.82, 2.24) is 4.90 Å². The minimum absolute atomic E-state index is 0.0613. The van der Waals surface area contributed by atoms with Gasteiger partial charge < -0.3 is 11.1 Å². The first-order valence-corrected chi connectivity index (χ1v) is 7.52. The molecule has 0 aromatic heterocycles. The topological polar surface area (TPSA) is 58.4 Å². The van der Waals surface area contributed by atoms with E-state index in [1.54, 1.807) is 0 Å². The molecule has 0 radical (unpaired) electrons. The third kappa shape index (κ3) is 3.19. The van der Waals surface area contributed by atoms with E-state index in [4.69, 9.17) is 5.73 Å². The zero-order valence-corrected chi connectivity index (χ0v) is 12.4. The van der Waals surface area contributed by atoms with Gasteiger partial charge in [-0.1, -0.05) is 25.1 Å². The standard InChI is InChI=1S/C16H25N3O/c1-3-14-8-6-10-19(14)12(2)16(20)18-15-9-5-4-7-13(15)11-17/h4-5,7,9,12,14H,3,6,8,10-11,17H2,1-2H3,(H,18,20). The molecule has 1 aliphatic heterocycles. The van der Waals surface area contributed by atoms with Crippen LogP contribution in [0.15, 0.2) is 24.3 Å². The minimum Gasteiger partial charge on any atom is -0.326 e. The first-order chi connectivity index (χ1) is 9.67. The van der Waals surface area contributed by atoms with Gasteiger partial charge in [-0.25, -0.2) is 0 Å². The number of likely N-dealkylation sites (tertiary alicyclic amines) is 1. The van der Waals surface area contributed by atoms with Crippen molar-refractivity contribution in [2.24, 2.45) is 5.73 Å². The van der Waals surface area contributed by atoms with Gasteiger partial charge in [0.25, 0.3) is 0 Å². The molecular formula is C16H25N3O. The summed E-state index contributed by atoms with van der Waals surface area (Å²) in [6.07, 6.45) is 3.50. The van der Waals surface area contributed by atoms with Crippen molar-refractivity contribution in [1.29, 1.82) is 0 Å². The van der Waals surface area contributed by atoms with Crippen LogP contribution in [0, 0.1) is 0 Å². The monoisotopic (exact) mass is 275 g/mol. The Kier molecular flexibility index (Phi) is 5.15. The second-order valence-electron chi connectivity index (χ2n) is 5.47. The molecule has 1 fully saturated rings. The molecule has 2 rings (SSSR count). The van der Waals surface area contributed by atoms with E-state index in [-0.39, 0.29) is 11.9 Å². The molecule has 1 saturated heterocycles. The zero-order chi connectivity index (χ0) is 14.5. The van der Waals surface area contributed by atoms with Gasteiger partial charge in [-0.2, -0.15) is 0 Å². The Morgan fingerprint density at radius 1 is 1.50 bits per heavy atom. The maximum atomic E-state index is 12.4. The first-order valence-electron chi connectivity index (χ1n) is 7.52. The Morgan fingerprint density at radius 3 is 2.95 bits per heavy atom. The third-order valence-electron chi connectivity index (χ3n) is 4.27. The smallest absolute Gasteiger partial charge is 0.241 e. The van der Waals surface area contributed by atoms with E-state index in [0.717, 1.165) is 24.2 Å². The first kappa shape index (κ1) is 15.0. The normalized spacial score (nSPS) is 20.9. The Labute approximate surface area is 121 Å². The highest BCUT2D eigenvalue weighted by atomic mass is 16.2. The van der Waals surface area contributed by atoms with Crippen LogP contribution in [0.2, 0.25) is 0 Å². The maximum Gasteiger partial charge on any atom is 0.241 e. The quantitative estimate of drug-likeness (QED) is 0.867. The molecular weight excluding hydrogens is 250 g/mol. The summed E-state index contributed by atoms with van der Waals surface area (Å²) in [6.45, 7) is 5.64. The molecule has 3 N–H and O–H groups in total. The van der Waals surface area contributed by atoms with Crippen molar-refractivity contribution in [2.75, 3.05) is 11.9 Å². The second kappa shape index (κ2) is 6.86. The summed E-state index contributed by atoms with van der Waals surface area (Å²) in [6, 6.07) is 8.17. The summed E-state index contributed by atoms with van der Waals surface area (Å²) in [7, 11) is 0. The fourth-order valence-electron chi connectivity index (χ4n) is 3.01. The number of carbonyl (C=O) groups is 1. The molecule has 0 bridgehead atoms. The van der Waals surface area contributed by atoms with Crippen molar-refractivity contribution >= 4 is 11.6 Å².